The van der Waals surface area contributed by atoms with Crippen LogP contribution in [0, 0.1) is 5.92 Å². The third-order valence-electron chi connectivity index (χ3n) is 1.16. The SMILES string of the molecule is CC1CCOC1.CCO. The first-order chi connectivity index (χ1) is 4.31. The smallest absolute Gasteiger partial charge is 0.0492 e. The minimum atomic E-state index is 0.250. The van der Waals surface area contributed by atoms with Crippen LogP contribution in [0.5, 0.6) is 0 Å². The van der Waals surface area contributed by atoms with Crippen LogP contribution in [0.25, 0.3) is 0 Å². The first kappa shape index (κ1) is 8.92. The number of aliphatic hydroxyl groups is 1. The molecule has 56 valence electrons. The van der Waals surface area contributed by atoms with Gasteiger partial charge in [0.25, 0.3) is 0 Å². The summed E-state index contributed by atoms with van der Waals surface area (Å²) in [4.78, 5) is 0. The molecule has 1 atom stereocenters. The highest BCUT2D eigenvalue weighted by atomic mass is 16.5. The van der Waals surface area contributed by atoms with Crippen LogP contribution in [-0.4, -0.2) is 24.9 Å². The lowest BCUT2D eigenvalue weighted by molar-refractivity contribution is 0.188. The summed E-state index contributed by atoms with van der Waals surface area (Å²) in [5.74, 6) is 0.824. The normalized spacial score (nSPS) is 25.0. The molecule has 0 radical (unpaired) electrons. The summed E-state index contributed by atoms with van der Waals surface area (Å²) in [7, 11) is 0. The lowest BCUT2D eigenvalue weighted by Gasteiger charge is -1.89. The zero-order valence-corrected chi connectivity index (χ0v) is 6.26. The van der Waals surface area contributed by atoms with Crippen molar-refractivity contribution in [2.75, 3.05) is 19.8 Å². The Labute approximate surface area is 56.8 Å². The Morgan fingerprint density at radius 2 is 2.22 bits per heavy atom. The van der Waals surface area contributed by atoms with E-state index in [2.05, 4.69) is 6.92 Å². The third-order valence-corrected chi connectivity index (χ3v) is 1.16. The second-order valence-electron chi connectivity index (χ2n) is 2.28. The average Bonchev–Trinajstić information content (AvgIpc) is 2.20. The van der Waals surface area contributed by atoms with Crippen molar-refractivity contribution < 1.29 is 9.84 Å². The largest absolute Gasteiger partial charge is 0.397 e. The first-order valence-electron chi connectivity index (χ1n) is 3.49. The van der Waals surface area contributed by atoms with Crippen molar-refractivity contribution in [1.82, 2.24) is 0 Å². The molecule has 0 amide bonds. The zero-order valence-electron chi connectivity index (χ0n) is 6.26. The highest BCUT2D eigenvalue weighted by Gasteiger charge is 2.07. The van der Waals surface area contributed by atoms with E-state index in [0.29, 0.717) is 0 Å². The third kappa shape index (κ3) is 5.80. The van der Waals surface area contributed by atoms with Gasteiger partial charge in [-0.3, -0.25) is 0 Å². The van der Waals surface area contributed by atoms with E-state index in [-0.39, 0.29) is 6.61 Å². The fraction of sp³-hybridized carbons (Fsp3) is 1.00. The van der Waals surface area contributed by atoms with Gasteiger partial charge in [0.1, 0.15) is 0 Å². The highest BCUT2D eigenvalue weighted by Crippen LogP contribution is 2.09. The van der Waals surface area contributed by atoms with Gasteiger partial charge in [0.2, 0.25) is 0 Å². The van der Waals surface area contributed by atoms with Crippen LogP contribution >= 0.6 is 0 Å². The molecule has 0 aromatic heterocycles. The van der Waals surface area contributed by atoms with Gasteiger partial charge < -0.3 is 9.84 Å². The van der Waals surface area contributed by atoms with Gasteiger partial charge in [0.15, 0.2) is 0 Å². The lowest BCUT2D eigenvalue weighted by Crippen LogP contribution is -1.88. The van der Waals surface area contributed by atoms with Crippen LogP contribution in [0.15, 0.2) is 0 Å². The van der Waals surface area contributed by atoms with E-state index in [9.17, 15) is 0 Å². The fourth-order valence-electron chi connectivity index (χ4n) is 0.652. The molecule has 1 saturated heterocycles. The van der Waals surface area contributed by atoms with Crippen molar-refractivity contribution in [3.8, 4) is 0 Å². The predicted octanol–water partition coefficient (Wildman–Crippen LogP) is 1.04. The van der Waals surface area contributed by atoms with Gasteiger partial charge in [-0.1, -0.05) is 6.92 Å². The van der Waals surface area contributed by atoms with Gasteiger partial charge in [-0.25, -0.2) is 0 Å². The molecule has 0 bridgehead atoms. The van der Waals surface area contributed by atoms with E-state index in [1.54, 1.807) is 6.92 Å². The van der Waals surface area contributed by atoms with Crippen LogP contribution in [0.4, 0.5) is 0 Å². The van der Waals surface area contributed by atoms with E-state index in [1.807, 2.05) is 0 Å². The van der Waals surface area contributed by atoms with E-state index >= 15 is 0 Å². The molecule has 1 rings (SSSR count). The fourth-order valence-corrected chi connectivity index (χ4v) is 0.652. The lowest BCUT2D eigenvalue weighted by atomic mass is 10.2. The Hall–Kier alpha value is -0.0800. The van der Waals surface area contributed by atoms with Crippen LogP contribution in [0.1, 0.15) is 20.3 Å². The molecule has 1 N–H and O–H groups in total. The molecule has 2 heteroatoms. The minimum Gasteiger partial charge on any atom is -0.397 e. The maximum absolute atomic E-state index is 7.57. The monoisotopic (exact) mass is 132 g/mol. The van der Waals surface area contributed by atoms with Crippen molar-refractivity contribution >= 4 is 0 Å². The van der Waals surface area contributed by atoms with E-state index < -0.39 is 0 Å². The molecule has 1 heterocycles. The Kier molecular flexibility index (Phi) is 5.99. The molecule has 1 aliphatic rings. The molecule has 1 aliphatic heterocycles. The molecule has 9 heavy (non-hydrogen) atoms. The summed E-state index contributed by atoms with van der Waals surface area (Å²) in [5, 5.41) is 7.57. The number of hydrogen-bond donors (Lipinski definition) is 1. The van der Waals surface area contributed by atoms with E-state index in [4.69, 9.17) is 9.84 Å². The van der Waals surface area contributed by atoms with Gasteiger partial charge >= 0.3 is 0 Å². The first-order valence-corrected chi connectivity index (χ1v) is 3.49. The second kappa shape index (κ2) is 6.05. The molecule has 1 unspecified atom stereocenters. The van der Waals surface area contributed by atoms with Crippen LogP contribution in [0.2, 0.25) is 0 Å². The number of hydrogen-bond acceptors (Lipinski definition) is 2. The van der Waals surface area contributed by atoms with Gasteiger partial charge in [0, 0.05) is 19.8 Å². The van der Waals surface area contributed by atoms with Crippen molar-refractivity contribution in [2.24, 2.45) is 5.92 Å². The van der Waals surface area contributed by atoms with E-state index in [0.717, 1.165) is 19.1 Å². The van der Waals surface area contributed by atoms with Gasteiger partial charge in [-0.2, -0.15) is 0 Å². The maximum Gasteiger partial charge on any atom is 0.0492 e. The summed E-state index contributed by atoms with van der Waals surface area (Å²) in [6.45, 7) is 6.12. The molecule has 0 saturated carbocycles. The number of rotatable bonds is 0. The Balaban J connectivity index is 0.000000187. The molecule has 1 fully saturated rings. The molecule has 0 spiro atoms. The predicted molar refractivity (Wildman–Crippen MR) is 37.4 cm³/mol. The minimum absolute atomic E-state index is 0.250. The summed E-state index contributed by atoms with van der Waals surface area (Å²) < 4.78 is 5.06. The Bertz CT molecular complexity index is 48.9. The van der Waals surface area contributed by atoms with Crippen LogP contribution < -0.4 is 0 Å². The highest BCUT2D eigenvalue weighted by molar-refractivity contribution is 4.55. The van der Waals surface area contributed by atoms with Crippen molar-refractivity contribution in [1.29, 1.82) is 0 Å². The van der Waals surface area contributed by atoms with Gasteiger partial charge in [-0.05, 0) is 19.3 Å². The average molecular weight is 132 g/mol. The quantitative estimate of drug-likeness (QED) is 0.533. The Morgan fingerprint density at radius 1 is 1.67 bits per heavy atom. The molecular formula is C7H16O2. The van der Waals surface area contributed by atoms with Crippen LogP contribution in [-0.2, 0) is 4.74 Å². The summed E-state index contributed by atoms with van der Waals surface area (Å²) in [5.41, 5.74) is 0. The van der Waals surface area contributed by atoms with E-state index in [1.165, 1.54) is 6.42 Å². The van der Waals surface area contributed by atoms with Crippen molar-refractivity contribution in [2.45, 2.75) is 20.3 Å². The maximum atomic E-state index is 7.57. The van der Waals surface area contributed by atoms with Gasteiger partial charge in [-0.15, -0.1) is 0 Å². The summed E-state index contributed by atoms with van der Waals surface area (Å²) in [6, 6.07) is 0. The summed E-state index contributed by atoms with van der Waals surface area (Å²) >= 11 is 0. The van der Waals surface area contributed by atoms with Crippen molar-refractivity contribution in [3.63, 3.8) is 0 Å². The molecule has 0 aromatic rings. The van der Waals surface area contributed by atoms with Crippen molar-refractivity contribution in [3.05, 3.63) is 0 Å². The molecule has 0 aliphatic carbocycles. The topological polar surface area (TPSA) is 29.5 Å². The second-order valence-corrected chi connectivity index (χ2v) is 2.28. The van der Waals surface area contributed by atoms with Gasteiger partial charge in [0.05, 0.1) is 0 Å². The summed E-state index contributed by atoms with van der Waals surface area (Å²) in [6.07, 6.45) is 1.26. The Morgan fingerprint density at radius 3 is 2.33 bits per heavy atom. The standard InChI is InChI=1S/C5H10O.C2H6O/c1-5-2-3-6-4-5;1-2-3/h5H,2-4H2,1H3;3H,2H2,1H3. The number of aliphatic hydroxyl groups excluding tert-OH is 1. The zero-order chi connectivity index (χ0) is 7.11. The number of ether oxygens (including phenoxy) is 1. The van der Waals surface area contributed by atoms with Crippen LogP contribution in [0.3, 0.4) is 0 Å². The molecule has 0 aromatic carbocycles. The molecule has 2 nitrogen and oxygen atoms in total. The molecular weight excluding hydrogens is 116 g/mol.